The zero-order valence-electron chi connectivity index (χ0n) is 18.8. The van der Waals surface area contributed by atoms with Gasteiger partial charge >= 0.3 is 0 Å². The van der Waals surface area contributed by atoms with Crippen molar-refractivity contribution in [2.75, 3.05) is 0 Å². The number of nitrogens with one attached hydrogen (secondary N) is 1. The van der Waals surface area contributed by atoms with Crippen LogP contribution in [0.4, 0.5) is 0 Å². The second-order valence-corrected chi connectivity index (χ2v) is 12.4. The normalized spacial score (nSPS) is 32.8. The zero-order valence-corrected chi connectivity index (χ0v) is 19.7. The minimum Gasteiger partial charge on any atom is -0.344 e. The molecule has 4 heteroatoms. The standard InChI is InChI=1S/C15H17N.C12H21O2P/c1-13(15-10-6-3-7-11-15)16-12-14-8-4-2-5-9-14;13-15(14)11-7-3-1-5-9(11)10-6-2-4-8-12(10)15/h2-11,13,16H,12H2,1H3;9-12H,1-8H2,(H,13,14)/t13-;9-,10+,11-,12-/m01/s1. The summed E-state index contributed by atoms with van der Waals surface area (Å²) in [5, 5.41) is 3.52. The van der Waals surface area contributed by atoms with Gasteiger partial charge < -0.3 is 10.2 Å². The average Bonchev–Trinajstić information content (AvgIpc) is 3.07. The summed E-state index contributed by atoms with van der Waals surface area (Å²) in [4.78, 5) is 10.3. The van der Waals surface area contributed by atoms with Crippen LogP contribution in [0.5, 0.6) is 0 Å². The molecule has 0 bridgehead atoms. The van der Waals surface area contributed by atoms with E-state index < -0.39 is 7.37 Å². The van der Waals surface area contributed by atoms with E-state index in [4.69, 9.17) is 0 Å². The number of benzene rings is 2. The molecule has 0 radical (unpaired) electrons. The Bertz CT molecular complexity index is 830. The number of rotatable bonds is 4. The molecular formula is C27H38NO2P. The first-order valence-corrected chi connectivity index (χ1v) is 14.0. The summed E-state index contributed by atoms with van der Waals surface area (Å²) < 4.78 is 12.5. The smallest absolute Gasteiger partial charge is 0.207 e. The number of hydrogen-bond donors (Lipinski definition) is 2. The lowest BCUT2D eigenvalue weighted by Crippen LogP contribution is -2.26. The second kappa shape index (κ2) is 10.5. The van der Waals surface area contributed by atoms with Crippen LogP contribution in [0, 0.1) is 11.8 Å². The molecule has 1 unspecified atom stereocenters. The molecule has 2 aromatic carbocycles. The maximum atomic E-state index is 12.5. The molecule has 2 N–H and O–H groups in total. The first-order valence-electron chi connectivity index (χ1n) is 12.2. The Morgan fingerprint density at radius 1 is 0.839 bits per heavy atom. The van der Waals surface area contributed by atoms with Crippen molar-refractivity contribution in [1.29, 1.82) is 0 Å². The van der Waals surface area contributed by atoms with E-state index in [9.17, 15) is 9.46 Å². The Kier molecular flexibility index (Phi) is 7.69. The molecule has 3 nitrogen and oxygen atoms in total. The minimum atomic E-state index is -2.81. The molecule has 0 amide bonds. The van der Waals surface area contributed by atoms with Crippen molar-refractivity contribution >= 4 is 7.37 Å². The average molecular weight is 440 g/mol. The van der Waals surface area contributed by atoms with Crippen LogP contribution in [0.15, 0.2) is 60.7 Å². The lowest BCUT2D eigenvalue weighted by molar-refractivity contribution is 0.231. The molecule has 3 aliphatic rings. The molecule has 31 heavy (non-hydrogen) atoms. The van der Waals surface area contributed by atoms with Gasteiger partial charge in [0.1, 0.15) is 0 Å². The molecule has 168 valence electrons. The first-order chi connectivity index (χ1) is 15.1. The van der Waals surface area contributed by atoms with Gasteiger partial charge in [-0.15, -0.1) is 0 Å². The molecule has 3 fully saturated rings. The van der Waals surface area contributed by atoms with Gasteiger partial charge in [-0.1, -0.05) is 86.3 Å². The molecule has 6 atom stereocenters. The topological polar surface area (TPSA) is 49.3 Å². The van der Waals surface area contributed by atoms with Gasteiger partial charge in [-0.25, -0.2) is 0 Å². The number of fused-ring (bicyclic) bond motifs is 3. The van der Waals surface area contributed by atoms with Crippen molar-refractivity contribution in [3.63, 3.8) is 0 Å². The predicted octanol–water partition coefficient (Wildman–Crippen LogP) is 6.93. The minimum absolute atomic E-state index is 0.194. The predicted molar refractivity (Wildman–Crippen MR) is 129 cm³/mol. The van der Waals surface area contributed by atoms with Gasteiger partial charge in [-0.2, -0.15) is 0 Å². The van der Waals surface area contributed by atoms with Crippen LogP contribution in [0.1, 0.15) is 75.5 Å². The van der Waals surface area contributed by atoms with Crippen molar-refractivity contribution in [1.82, 2.24) is 5.32 Å². The van der Waals surface area contributed by atoms with Crippen LogP contribution in [0.25, 0.3) is 0 Å². The lowest BCUT2D eigenvalue weighted by atomic mass is 9.73. The molecule has 0 spiro atoms. The summed E-state index contributed by atoms with van der Waals surface area (Å²) in [7, 11) is -2.81. The highest BCUT2D eigenvalue weighted by molar-refractivity contribution is 7.60. The Morgan fingerprint density at radius 2 is 1.32 bits per heavy atom. The summed E-state index contributed by atoms with van der Waals surface area (Å²) >= 11 is 0. The van der Waals surface area contributed by atoms with Gasteiger partial charge in [0.2, 0.25) is 7.37 Å². The summed E-state index contributed by atoms with van der Waals surface area (Å²) in [6.45, 7) is 3.11. The molecule has 2 aromatic rings. The summed E-state index contributed by atoms with van der Waals surface area (Å²) in [5.74, 6) is 1.22. The lowest BCUT2D eigenvalue weighted by Gasteiger charge is -2.30. The van der Waals surface area contributed by atoms with Crippen LogP contribution in [0.2, 0.25) is 0 Å². The quantitative estimate of drug-likeness (QED) is 0.508. The fourth-order valence-corrected chi connectivity index (χ4v) is 9.60. The van der Waals surface area contributed by atoms with Crippen LogP contribution in [-0.2, 0) is 11.1 Å². The first kappa shape index (κ1) is 22.8. The van der Waals surface area contributed by atoms with Gasteiger partial charge in [0.25, 0.3) is 0 Å². The van der Waals surface area contributed by atoms with Gasteiger partial charge in [-0.05, 0) is 55.6 Å². The fraction of sp³-hybridized carbons (Fsp3) is 0.556. The third-order valence-corrected chi connectivity index (χ3v) is 11.0. The van der Waals surface area contributed by atoms with Gasteiger partial charge in [0, 0.05) is 23.9 Å². The Hall–Kier alpha value is -1.41. The molecule has 1 heterocycles. The van der Waals surface area contributed by atoms with E-state index in [-0.39, 0.29) is 11.3 Å². The maximum absolute atomic E-state index is 12.5. The van der Waals surface area contributed by atoms with Crippen LogP contribution < -0.4 is 5.32 Å². The van der Waals surface area contributed by atoms with E-state index in [0.717, 1.165) is 19.4 Å². The molecule has 5 rings (SSSR count). The van der Waals surface area contributed by atoms with Crippen LogP contribution >= 0.6 is 7.37 Å². The monoisotopic (exact) mass is 439 g/mol. The zero-order chi connectivity index (χ0) is 21.7. The van der Waals surface area contributed by atoms with E-state index in [2.05, 4.69) is 60.8 Å². The van der Waals surface area contributed by atoms with Crippen LogP contribution in [-0.4, -0.2) is 16.2 Å². The third kappa shape index (κ3) is 5.33. The summed E-state index contributed by atoms with van der Waals surface area (Å²) in [6, 6.07) is 21.4. The third-order valence-electron chi connectivity index (χ3n) is 7.82. The molecule has 1 aliphatic heterocycles. The van der Waals surface area contributed by atoms with Crippen molar-refractivity contribution in [3.05, 3.63) is 71.8 Å². The second-order valence-electron chi connectivity index (χ2n) is 9.70. The summed E-state index contributed by atoms with van der Waals surface area (Å²) in [6.07, 6.45) is 9.49. The van der Waals surface area contributed by atoms with Gasteiger partial charge in [0.15, 0.2) is 0 Å². The Balaban J connectivity index is 0.000000149. The van der Waals surface area contributed by atoms with Gasteiger partial charge in [0.05, 0.1) is 0 Å². The van der Waals surface area contributed by atoms with E-state index in [1.807, 2.05) is 12.1 Å². The molecule has 2 aliphatic carbocycles. The van der Waals surface area contributed by atoms with E-state index in [1.165, 1.54) is 49.7 Å². The molecule has 0 aromatic heterocycles. The Morgan fingerprint density at radius 3 is 1.87 bits per heavy atom. The highest BCUT2D eigenvalue weighted by Crippen LogP contribution is 2.70. The SMILES string of the molecule is C[C@H](NCc1ccccc1)c1ccccc1.O=P1(O)[C@@H]2CCCC[C@@H]2[C@@H]2CCCC[C@H]21. The van der Waals surface area contributed by atoms with Crippen molar-refractivity contribution in [3.8, 4) is 0 Å². The van der Waals surface area contributed by atoms with E-state index >= 15 is 0 Å². The molecule has 2 saturated carbocycles. The van der Waals surface area contributed by atoms with Crippen molar-refractivity contribution < 1.29 is 9.46 Å². The van der Waals surface area contributed by atoms with Crippen LogP contribution in [0.3, 0.4) is 0 Å². The largest absolute Gasteiger partial charge is 0.344 e. The Labute approximate surface area is 188 Å². The molecule has 1 saturated heterocycles. The van der Waals surface area contributed by atoms with Crippen molar-refractivity contribution in [2.24, 2.45) is 11.8 Å². The van der Waals surface area contributed by atoms with E-state index in [1.54, 1.807) is 0 Å². The van der Waals surface area contributed by atoms with Crippen molar-refractivity contribution in [2.45, 2.75) is 82.2 Å². The highest BCUT2D eigenvalue weighted by Gasteiger charge is 2.57. The fourth-order valence-electron chi connectivity index (χ4n) is 6.17. The van der Waals surface area contributed by atoms with E-state index in [0.29, 0.717) is 17.9 Å². The maximum Gasteiger partial charge on any atom is 0.207 e. The number of hydrogen-bond acceptors (Lipinski definition) is 2. The highest BCUT2D eigenvalue weighted by atomic mass is 31.2. The van der Waals surface area contributed by atoms with Gasteiger partial charge in [-0.3, -0.25) is 4.57 Å². The molecular weight excluding hydrogens is 401 g/mol. The summed E-state index contributed by atoms with van der Waals surface area (Å²) in [5.41, 5.74) is 3.04.